The number of hydrogen-bond acceptors (Lipinski definition) is 3. The molecule has 1 heterocycles. The van der Waals surface area contributed by atoms with Crippen LogP contribution < -0.4 is 9.47 Å². The van der Waals surface area contributed by atoms with Gasteiger partial charge in [-0.3, -0.25) is 0 Å². The molecule has 1 saturated carbocycles. The molecule has 3 rings (SSSR count). The van der Waals surface area contributed by atoms with Gasteiger partial charge in [-0.05, 0) is 36.5 Å². The van der Waals surface area contributed by atoms with E-state index in [-0.39, 0.29) is 5.92 Å². The maximum Gasteiger partial charge on any atom is 0.251 e. The van der Waals surface area contributed by atoms with Crippen molar-refractivity contribution in [1.29, 1.82) is 0 Å². The van der Waals surface area contributed by atoms with Crippen LogP contribution in [-0.4, -0.2) is 12.1 Å². The Morgan fingerprint density at radius 1 is 1.32 bits per heavy atom. The van der Waals surface area contributed by atoms with Gasteiger partial charge in [-0.1, -0.05) is 22.9 Å². The molecule has 3 nitrogen and oxygen atoms in total. The number of aldehydes is 1. The summed E-state index contributed by atoms with van der Waals surface area (Å²) in [6.07, 6.45) is 5.70. The predicted molar refractivity (Wildman–Crippen MR) is 75.7 cm³/mol. The third kappa shape index (κ3) is 2.27. The van der Waals surface area contributed by atoms with E-state index in [9.17, 15) is 4.79 Å². The average Bonchev–Trinajstić information content (AvgIpc) is 2.95. The fraction of sp³-hybridized carbons (Fsp3) is 0.533. The maximum absolute atomic E-state index is 10.7. The van der Waals surface area contributed by atoms with Crippen molar-refractivity contribution in [1.82, 2.24) is 0 Å². The van der Waals surface area contributed by atoms with E-state index in [0.717, 1.165) is 53.5 Å². The van der Waals surface area contributed by atoms with Crippen LogP contribution in [0.2, 0.25) is 0 Å². The summed E-state index contributed by atoms with van der Waals surface area (Å²) in [5, 5.41) is 0. The molecule has 0 amide bonds. The molecule has 0 N–H and O–H groups in total. The van der Waals surface area contributed by atoms with Crippen LogP contribution in [0, 0.1) is 0 Å². The molecule has 0 bridgehead atoms. The smallest absolute Gasteiger partial charge is 0.251 e. The molecular formula is C15H17BrO3. The molecule has 4 heteroatoms. The minimum Gasteiger partial charge on any atom is -0.448 e. The number of halogens is 1. The summed E-state index contributed by atoms with van der Waals surface area (Å²) in [6, 6.07) is 3.99. The standard InChI is InChI=1S/C15H17BrO3/c1-10(4-7-17)11-8-13-14(9-12(11)16)19-15(18-13)5-2-3-6-15/h7-10H,2-6H2,1H3. The van der Waals surface area contributed by atoms with Crippen molar-refractivity contribution in [2.24, 2.45) is 0 Å². The molecular weight excluding hydrogens is 308 g/mol. The highest BCUT2D eigenvalue weighted by Crippen LogP contribution is 2.49. The van der Waals surface area contributed by atoms with Crippen LogP contribution in [-0.2, 0) is 4.79 Å². The molecule has 1 aromatic rings. The summed E-state index contributed by atoms with van der Waals surface area (Å²) < 4.78 is 13.0. The number of fused-ring (bicyclic) bond motifs is 1. The lowest BCUT2D eigenvalue weighted by Gasteiger charge is -2.21. The van der Waals surface area contributed by atoms with E-state index in [0.29, 0.717) is 6.42 Å². The van der Waals surface area contributed by atoms with E-state index in [1.54, 1.807) is 0 Å². The number of carbonyl (C=O) groups excluding carboxylic acids is 1. The minimum atomic E-state index is -0.422. The first-order valence-electron chi connectivity index (χ1n) is 6.79. The fourth-order valence-corrected chi connectivity index (χ4v) is 3.61. The average molecular weight is 325 g/mol. The summed E-state index contributed by atoms with van der Waals surface area (Å²) in [7, 11) is 0. The fourth-order valence-electron chi connectivity index (χ4n) is 2.90. The van der Waals surface area contributed by atoms with Gasteiger partial charge in [0, 0.05) is 23.7 Å². The van der Waals surface area contributed by atoms with Crippen molar-refractivity contribution in [3.05, 3.63) is 22.2 Å². The van der Waals surface area contributed by atoms with E-state index < -0.39 is 5.79 Å². The number of hydrogen-bond donors (Lipinski definition) is 0. The first kappa shape index (κ1) is 13.0. The van der Waals surface area contributed by atoms with E-state index >= 15 is 0 Å². The highest BCUT2D eigenvalue weighted by atomic mass is 79.9. The molecule has 1 aliphatic heterocycles. The van der Waals surface area contributed by atoms with Crippen molar-refractivity contribution < 1.29 is 14.3 Å². The Morgan fingerprint density at radius 2 is 1.95 bits per heavy atom. The second-order valence-corrected chi connectivity index (χ2v) is 6.30. The predicted octanol–water partition coefficient (Wildman–Crippen LogP) is 4.18. The van der Waals surface area contributed by atoms with Crippen molar-refractivity contribution >= 4 is 22.2 Å². The zero-order valence-electron chi connectivity index (χ0n) is 10.9. The molecule has 1 atom stereocenters. The van der Waals surface area contributed by atoms with Gasteiger partial charge in [-0.25, -0.2) is 0 Å². The summed E-state index contributed by atoms with van der Waals surface area (Å²) in [5.74, 6) is 1.39. The largest absolute Gasteiger partial charge is 0.448 e. The zero-order chi connectivity index (χ0) is 13.5. The second-order valence-electron chi connectivity index (χ2n) is 5.45. The van der Waals surface area contributed by atoms with Gasteiger partial charge >= 0.3 is 0 Å². The van der Waals surface area contributed by atoms with Crippen LogP contribution in [0.5, 0.6) is 11.5 Å². The van der Waals surface area contributed by atoms with Crippen LogP contribution in [0.4, 0.5) is 0 Å². The summed E-state index contributed by atoms with van der Waals surface area (Å²) in [4.78, 5) is 10.7. The van der Waals surface area contributed by atoms with E-state index in [1.165, 1.54) is 0 Å². The van der Waals surface area contributed by atoms with Crippen molar-refractivity contribution in [3.8, 4) is 11.5 Å². The Labute approximate surface area is 121 Å². The SMILES string of the molecule is CC(CC=O)c1cc2c(cc1Br)OC1(CCCC1)O2. The topological polar surface area (TPSA) is 35.5 Å². The maximum atomic E-state index is 10.7. The third-order valence-corrected chi connectivity index (χ3v) is 4.69. The normalized spacial score (nSPS) is 20.7. The molecule has 1 unspecified atom stereocenters. The van der Waals surface area contributed by atoms with Crippen molar-refractivity contribution in [3.63, 3.8) is 0 Å². The minimum absolute atomic E-state index is 0.181. The summed E-state index contributed by atoms with van der Waals surface area (Å²) in [5.41, 5.74) is 1.10. The molecule has 1 aromatic carbocycles. The molecule has 2 aliphatic rings. The zero-order valence-corrected chi connectivity index (χ0v) is 12.5. The lowest BCUT2D eigenvalue weighted by Crippen LogP contribution is -2.34. The molecule has 1 aliphatic carbocycles. The Kier molecular flexibility index (Phi) is 3.29. The number of benzene rings is 1. The van der Waals surface area contributed by atoms with Crippen LogP contribution in [0.3, 0.4) is 0 Å². The second kappa shape index (κ2) is 4.82. The Balaban J connectivity index is 1.91. The van der Waals surface area contributed by atoms with Crippen molar-refractivity contribution in [2.45, 2.75) is 50.7 Å². The van der Waals surface area contributed by atoms with Crippen molar-refractivity contribution in [2.75, 3.05) is 0 Å². The van der Waals surface area contributed by atoms with Crippen LogP contribution in [0.1, 0.15) is 50.5 Å². The first-order valence-corrected chi connectivity index (χ1v) is 7.58. The quantitative estimate of drug-likeness (QED) is 0.782. The third-order valence-electron chi connectivity index (χ3n) is 4.00. The van der Waals surface area contributed by atoms with Gasteiger partial charge in [0.15, 0.2) is 11.5 Å². The van der Waals surface area contributed by atoms with Gasteiger partial charge in [-0.2, -0.15) is 0 Å². The molecule has 1 spiro atoms. The Hall–Kier alpha value is -1.03. The Bertz CT molecular complexity index is 506. The molecule has 0 radical (unpaired) electrons. The number of carbonyl (C=O) groups is 1. The van der Waals surface area contributed by atoms with E-state index in [1.807, 2.05) is 19.1 Å². The Morgan fingerprint density at radius 3 is 2.58 bits per heavy atom. The highest BCUT2D eigenvalue weighted by Gasteiger charge is 2.44. The van der Waals surface area contributed by atoms with Gasteiger partial charge in [-0.15, -0.1) is 0 Å². The monoisotopic (exact) mass is 324 g/mol. The van der Waals surface area contributed by atoms with E-state index in [2.05, 4.69) is 15.9 Å². The summed E-state index contributed by atoms with van der Waals surface area (Å²) >= 11 is 3.57. The van der Waals surface area contributed by atoms with Gasteiger partial charge in [0.1, 0.15) is 6.29 Å². The van der Waals surface area contributed by atoms with Gasteiger partial charge < -0.3 is 14.3 Å². The summed E-state index contributed by atoms with van der Waals surface area (Å²) in [6.45, 7) is 2.04. The van der Waals surface area contributed by atoms with Crippen LogP contribution >= 0.6 is 15.9 Å². The molecule has 1 fully saturated rings. The van der Waals surface area contributed by atoms with Gasteiger partial charge in [0.25, 0.3) is 5.79 Å². The lowest BCUT2D eigenvalue weighted by molar-refractivity contribution is -0.108. The van der Waals surface area contributed by atoms with Crippen LogP contribution in [0.15, 0.2) is 16.6 Å². The molecule has 19 heavy (non-hydrogen) atoms. The molecule has 0 aromatic heterocycles. The number of ether oxygens (including phenoxy) is 2. The van der Waals surface area contributed by atoms with Gasteiger partial charge in [0.05, 0.1) is 0 Å². The first-order chi connectivity index (χ1) is 9.13. The molecule has 102 valence electrons. The van der Waals surface area contributed by atoms with E-state index in [4.69, 9.17) is 9.47 Å². The highest BCUT2D eigenvalue weighted by molar-refractivity contribution is 9.10. The molecule has 0 saturated heterocycles. The van der Waals surface area contributed by atoms with Gasteiger partial charge in [0.2, 0.25) is 0 Å². The van der Waals surface area contributed by atoms with Crippen LogP contribution in [0.25, 0.3) is 0 Å². The lowest BCUT2D eigenvalue weighted by atomic mass is 9.98. The number of rotatable bonds is 3.